The summed E-state index contributed by atoms with van der Waals surface area (Å²) < 4.78 is 5.69. The summed E-state index contributed by atoms with van der Waals surface area (Å²) in [6, 6.07) is 1.65. The van der Waals surface area contributed by atoms with Gasteiger partial charge in [-0.15, -0.1) is 0 Å². The first-order valence-corrected chi connectivity index (χ1v) is 5.64. The summed E-state index contributed by atoms with van der Waals surface area (Å²) in [6.45, 7) is 6.51. The van der Waals surface area contributed by atoms with Gasteiger partial charge in [-0.1, -0.05) is 0 Å². The molecule has 1 aliphatic carbocycles. The highest BCUT2D eigenvalue weighted by molar-refractivity contribution is 4.92. The molecule has 13 heavy (non-hydrogen) atoms. The Bertz CT molecular complexity index is 165. The Kier molecular flexibility index (Phi) is 2.89. The van der Waals surface area contributed by atoms with E-state index in [1.165, 1.54) is 32.2 Å². The van der Waals surface area contributed by atoms with Gasteiger partial charge in [-0.25, -0.2) is 0 Å². The zero-order chi connectivity index (χ0) is 9.26. The number of likely N-dealkylation sites (tertiary alicyclic amines) is 1. The SMILES string of the molecule is CC(C)OCC1CCCN1C1CC1. The van der Waals surface area contributed by atoms with Crippen molar-refractivity contribution < 1.29 is 4.74 Å². The van der Waals surface area contributed by atoms with Crippen LogP contribution in [0.25, 0.3) is 0 Å². The van der Waals surface area contributed by atoms with Crippen molar-refractivity contribution in [3.05, 3.63) is 0 Å². The molecule has 2 heteroatoms. The van der Waals surface area contributed by atoms with Gasteiger partial charge in [0.15, 0.2) is 0 Å². The summed E-state index contributed by atoms with van der Waals surface area (Å²) in [7, 11) is 0. The predicted octanol–water partition coefficient (Wildman–Crippen LogP) is 2.04. The number of hydrogen-bond donors (Lipinski definition) is 0. The molecule has 2 rings (SSSR count). The second-order valence-corrected chi connectivity index (χ2v) is 4.65. The Labute approximate surface area is 81.3 Å². The van der Waals surface area contributed by atoms with Crippen molar-refractivity contribution in [2.45, 2.75) is 57.7 Å². The van der Waals surface area contributed by atoms with Crippen LogP contribution in [0.15, 0.2) is 0 Å². The highest BCUT2D eigenvalue weighted by atomic mass is 16.5. The minimum Gasteiger partial charge on any atom is -0.377 e. The van der Waals surface area contributed by atoms with E-state index in [0.717, 1.165) is 18.7 Å². The van der Waals surface area contributed by atoms with Crippen molar-refractivity contribution in [2.24, 2.45) is 0 Å². The molecule has 0 aromatic heterocycles. The van der Waals surface area contributed by atoms with E-state index < -0.39 is 0 Å². The number of rotatable bonds is 4. The molecule has 0 aromatic rings. The van der Waals surface area contributed by atoms with Crippen molar-refractivity contribution in [1.82, 2.24) is 4.90 Å². The molecule has 0 aromatic carbocycles. The normalized spacial score (nSPS) is 30.2. The number of hydrogen-bond acceptors (Lipinski definition) is 2. The van der Waals surface area contributed by atoms with Crippen LogP contribution in [-0.4, -0.2) is 36.2 Å². The van der Waals surface area contributed by atoms with E-state index in [-0.39, 0.29) is 0 Å². The van der Waals surface area contributed by atoms with E-state index in [1.807, 2.05) is 0 Å². The fourth-order valence-corrected chi connectivity index (χ4v) is 2.23. The molecule has 1 unspecified atom stereocenters. The van der Waals surface area contributed by atoms with Crippen molar-refractivity contribution in [1.29, 1.82) is 0 Å². The standard InChI is InChI=1S/C11H21NO/c1-9(2)13-8-11-4-3-7-12(11)10-5-6-10/h9-11H,3-8H2,1-2H3. The molecule has 0 radical (unpaired) electrons. The first-order valence-electron chi connectivity index (χ1n) is 5.64. The summed E-state index contributed by atoms with van der Waals surface area (Å²) in [4.78, 5) is 2.67. The summed E-state index contributed by atoms with van der Waals surface area (Å²) in [6.07, 6.45) is 5.98. The molecule has 0 bridgehead atoms. The lowest BCUT2D eigenvalue weighted by molar-refractivity contribution is 0.0354. The lowest BCUT2D eigenvalue weighted by atomic mass is 10.2. The van der Waals surface area contributed by atoms with Gasteiger partial charge in [0.1, 0.15) is 0 Å². The zero-order valence-electron chi connectivity index (χ0n) is 8.83. The van der Waals surface area contributed by atoms with Gasteiger partial charge in [0.2, 0.25) is 0 Å². The van der Waals surface area contributed by atoms with E-state index in [2.05, 4.69) is 18.7 Å². The fraction of sp³-hybridized carbons (Fsp3) is 1.00. The molecule has 1 heterocycles. The van der Waals surface area contributed by atoms with Gasteiger partial charge < -0.3 is 4.74 Å². The van der Waals surface area contributed by atoms with E-state index in [9.17, 15) is 0 Å². The van der Waals surface area contributed by atoms with Gasteiger partial charge in [-0.3, -0.25) is 4.90 Å². The smallest absolute Gasteiger partial charge is 0.0625 e. The predicted molar refractivity (Wildman–Crippen MR) is 53.8 cm³/mol. The minimum absolute atomic E-state index is 0.390. The van der Waals surface area contributed by atoms with Crippen LogP contribution >= 0.6 is 0 Å². The molecule has 0 amide bonds. The van der Waals surface area contributed by atoms with Crippen LogP contribution in [0.4, 0.5) is 0 Å². The molecule has 2 aliphatic rings. The highest BCUT2D eigenvalue weighted by Crippen LogP contribution is 2.33. The van der Waals surface area contributed by atoms with E-state index in [0.29, 0.717) is 6.10 Å². The average molecular weight is 183 g/mol. The third-order valence-corrected chi connectivity index (χ3v) is 3.06. The van der Waals surface area contributed by atoms with E-state index >= 15 is 0 Å². The largest absolute Gasteiger partial charge is 0.377 e. The van der Waals surface area contributed by atoms with Crippen LogP contribution in [0.3, 0.4) is 0 Å². The Balaban J connectivity index is 1.76. The van der Waals surface area contributed by atoms with Crippen molar-refractivity contribution in [2.75, 3.05) is 13.2 Å². The van der Waals surface area contributed by atoms with Crippen LogP contribution in [-0.2, 0) is 4.74 Å². The van der Waals surface area contributed by atoms with Gasteiger partial charge >= 0.3 is 0 Å². The molecular weight excluding hydrogens is 162 g/mol. The summed E-state index contributed by atoms with van der Waals surface area (Å²) in [5.74, 6) is 0. The van der Waals surface area contributed by atoms with Crippen molar-refractivity contribution >= 4 is 0 Å². The summed E-state index contributed by atoms with van der Waals surface area (Å²) in [5.41, 5.74) is 0. The second-order valence-electron chi connectivity index (χ2n) is 4.65. The Morgan fingerprint density at radius 2 is 2.08 bits per heavy atom. The molecule has 1 saturated carbocycles. The van der Waals surface area contributed by atoms with Crippen LogP contribution in [0.5, 0.6) is 0 Å². The molecule has 0 N–H and O–H groups in total. The third-order valence-electron chi connectivity index (χ3n) is 3.06. The molecular formula is C11H21NO. The van der Waals surface area contributed by atoms with Gasteiger partial charge in [0.25, 0.3) is 0 Å². The van der Waals surface area contributed by atoms with Gasteiger partial charge in [-0.05, 0) is 46.1 Å². The quantitative estimate of drug-likeness (QED) is 0.661. The summed E-state index contributed by atoms with van der Waals surface area (Å²) >= 11 is 0. The van der Waals surface area contributed by atoms with Crippen LogP contribution in [0.1, 0.15) is 39.5 Å². The maximum absolute atomic E-state index is 5.69. The van der Waals surface area contributed by atoms with Crippen LogP contribution < -0.4 is 0 Å². The molecule has 1 aliphatic heterocycles. The zero-order valence-corrected chi connectivity index (χ0v) is 8.83. The maximum Gasteiger partial charge on any atom is 0.0625 e. The third kappa shape index (κ3) is 2.44. The first-order chi connectivity index (χ1) is 6.27. The molecule has 2 fully saturated rings. The van der Waals surface area contributed by atoms with E-state index in [4.69, 9.17) is 4.74 Å². The highest BCUT2D eigenvalue weighted by Gasteiger charge is 2.36. The fourth-order valence-electron chi connectivity index (χ4n) is 2.23. The first kappa shape index (κ1) is 9.47. The van der Waals surface area contributed by atoms with Gasteiger partial charge in [0, 0.05) is 12.1 Å². The van der Waals surface area contributed by atoms with Gasteiger partial charge in [0.05, 0.1) is 12.7 Å². The molecule has 2 nitrogen and oxygen atoms in total. The van der Waals surface area contributed by atoms with Crippen LogP contribution in [0.2, 0.25) is 0 Å². The minimum atomic E-state index is 0.390. The van der Waals surface area contributed by atoms with Crippen LogP contribution in [0, 0.1) is 0 Å². The van der Waals surface area contributed by atoms with Gasteiger partial charge in [-0.2, -0.15) is 0 Å². The maximum atomic E-state index is 5.69. The molecule has 1 atom stereocenters. The average Bonchev–Trinajstić information content (AvgIpc) is 2.82. The lowest BCUT2D eigenvalue weighted by Crippen LogP contribution is -2.35. The lowest BCUT2D eigenvalue weighted by Gasteiger charge is -2.24. The van der Waals surface area contributed by atoms with Crippen molar-refractivity contribution in [3.8, 4) is 0 Å². The Hall–Kier alpha value is -0.0800. The van der Waals surface area contributed by atoms with E-state index in [1.54, 1.807) is 0 Å². The molecule has 1 saturated heterocycles. The second kappa shape index (κ2) is 3.97. The molecule has 76 valence electrons. The Morgan fingerprint density at radius 3 is 2.69 bits per heavy atom. The monoisotopic (exact) mass is 183 g/mol. The molecule has 0 spiro atoms. The summed E-state index contributed by atoms with van der Waals surface area (Å²) in [5, 5.41) is 0. The number of nitrogens with zero attached hydrogens (tertiary/aromatic N) is 1. The Morgan fingerprint density at radius 1 is 1.31 bits per heavy atom. The topological polar surface area (TPSA) is 12.5 Å². The number of ether oxygens (including phenoxy) is 1. The van der Waals surface area contributed by atoms with Crippen molar-refractivity contribution in [3.63, 3.8) is 0 Å².